The van der Waals surface area contributed by atoms with Crippen LogP contribution in [0.25, 0.3) is 10.8 Å². The van der Waals surface area contributed by atoms with Gasteiger partial charge in [-0.25, -0.2) is 0 Å². The predicted molar refractivity (Wildman–Crippen MR) is 87.4 cm³/mol. The average Bonchev–Trinajstić information content (AvgIpc) is 2.60. The zero-order valence-electron chi connectivity index (χ0n) is 12.6. The molecule has 4 heteroatoms. The zero-order valence-corrected chi connectivity index (χ0v) is 12.6. The summed E-state index contributed by atoms with van der Waals surface area (Å²) in [6, 6.07) is 19.3. The Morgan fingerprint density at radius 2 is 1.35 bits per heavy atom. The summed E-state index contributed by atoms with van der Waals surface area (Å²) in [4.78, 5) is 24.5. The van der Waals surface area contributed by atoms with Crippen LogP contribution in [0.15, 0.2) is 66.7 Å². The first-order valence-corrected chi connectivity index (χ1v) is 7.19. The fourth-order valence-corrected chi connectivity index (χ4v) is 2.36. The molecular weight excluding hydrogens is 290 g/mol. The summed E-state index contributed by atoms with van der Waals surface area (Å²) in [6.45, 7) is 1.89. The van der Waals surface area contributed by atoms with Gasteiger partial charge in [0.25, 0.3) is 11.8 Å². The van der Waals surface area contributed by atoms with Gasteiger partial charge in [0.15, 0.2) is 0 Å². The highest BCUT2D eigenvalue weighted by atomic mass is 16.5. The molecule has 114 valence electrons. The molecule has 0 aromatic heterocycles. The van der Waals surface area contributed by atoms with Crippen molar-refractivity contribution in [2.75, 3.05) is 0 Å². The van der Waals surface area contributed by atoms with E-state index in [4.69, 9.17) is 0 Å². The number of imide groups is 1. The lowest BCUT2D eigenvalue weighted by molar-refractivity contribution is -0.0371. The van der Waals surface area contributed by atoms with Crippen LogP contribution in [-0.2, 0) is 0 Å². The van der Waals surface area contributed by atoms with Gasteiger partial charge >= 0.3 is 0 Å². The standard InChI is InChI=1S/C19H15NO3/c1-13-6-8-15(9-7-13)18(21)20(23)19(22)17-11-10-14-4-2-3-5-16(14)12-17/h2-12,23H,1H3. The summed E-state index contributed by atoms with van der Waals surface area (Å²) >= 11 is 0. The molecule has 4 nitrogen and oxygen atoms in total. The van der Waals surface area contributed by atoms with Crippen molar-refractivity contribution >= 4 is 22.6 Å². The Labute approximate surface area is 133 Å². The van der Waals surface area contributed by atoms with Gasteiger partial charge in [-0.3, -0.25) is 14.8 Å². The van der Waals surface area contributed by atoms with Crippen molar-refractivity contribution in [2.45, 2.75) is 6.92 Å². The summed E-state index contributed by atoms with van der Waals surface area (Å²) in [7, 11) is 0. The number of amides is 2. The van der Waals surface area contributed by atoms with Gasteiger partial charge in [-0.1, -0.05) is 48.0 Å². The van der Waals surface area contributed by atoms with Crippen LogP contribution in [0.5, 0.6) is 0 Å². The van der Waals surface area contributed by atoms with E-state index in [9.17, 15) is 14.8 Å². The average molecular weight is 305 g/mol. The van der Waals surface area contributed by atoms with Gasteiger partial charge in [0.1, 0.15) is 0 Å². The van der Waals surface area contributed by atoms with E-state index in [1.165, 1.54) is 0 Å². The second-order valence-electron chi connectivity index (χ2n) is 5.35. The minimum atomic E-state index is -0.749. The Hall–Kier alpha value is -2.98. The van der Waals surface area contributed by atoms with Crippen molar-refractivity contribution in [3.05, 3.63) is 83.4 Å². The second-order valence-corrected chi connectivity index (χ2v) is 5.35. The molecule has 0 fully saturated rings. The Morgan fingerprint density at radius 3 is 2.04 bits per heavy atom. The van der Waals surface area contributed by atoms with Crippen molar-refractivity contribution in [2.24, 2.45) is 0 Å². The SMILES string of the molecule is Cc1ccc(C(=O)N(O)C(=O)c2ccc3ccccc3c2)cc1. The van der Waals surface area contributed by atoms with Crippen molar-refractivity contribution in [1.82, 2.24) is 5.06 Å². The van der Waals surface area contributed by atoms with Crippen molar-refractivity contribution < 1.29 is 14.8 Å². The molecule has 23 heavy (non-hydrogen) atoms. The maximum atomic E-state index is 12.3. The molecule has 0 heterocycles. The molecule has 0 saturated heterocycles. The summed E-state index contributed by atoms with van der Waals surface area (Å²) in [5, 5.41) is 12.0. The van der Waals surface area contributed by atoms with E-state index in [0.29, 0.717) is 0 Å². The Kier molecular flexibility index (Phi) is 3.91. The fourth-order valence-electron chi connectivity index (χ4n) is 2.36. The van der Waals surface area contributed by atoms with Gasteiger partial charge in [-0.2, -0.15) is 0 Å². The van der Waals surface area contributed by atoms with E-state index in [-0.39, 0.29) is 16.2 Å². The van der Waals surface area contributed by atoms with E-state index < -0.39 is 11.8 Å². The predicted octanol–water partition coefficient (Wildman–Crippen LogP) is 3.82. The van der Waals surface area contributed by atoms with Crippen molar-refractivity contribution in [3.8, 4) is 0 Å². The molecule has 0 bridgehead atoms. The summed E-state index contributed by atoms with van der Waals surface area (Å²) < 4.78 is 0. The quantitative estimate of drug-likeness (QED) is 0.445. The fraction of sp³-hybridized carbons (Fsp3) is 0.0526. The third kappa shape index (κ3) is 2.98. The first-order chi connectivity index (χ1) is 11.1. The first-order valence-electron chi connectivity index (χ1n) is 7.19. The number of benzene rings is 3. The molecular formula is C19H15NO3. The van der Waals surface area contributed by atoms with E-state index in [1.807, 2.05) is 31.2 Å². The highest BCUT2D eigenvalue weighted by Crippen LogP contribution is 2.17. The molecule has 2 amide bonds. The minimum Gasteiger partial charge on any atom is -0.278 e. The Morgan fingerprint density at radius 1 is 0.783 bits per heavy atom. The van der Waals surface area contributed by atoms with Gasteiger partial charge in [-0.05, 0) is 42.0 Å². The van der Waals surface area contributed by atoms with Gasteiger partial charge in [0, 0.05) is 11.1 Å². The van der Waals surface area contributed by atoms with Crippen molar-refractivity contribution in [1.29, 1.82) is 0 Å². The topological polar surface area (TPSA) is 57.6 Å². The normalized spacial score (nSPS) is 10.5. The molecule has 0 aliphatic rings. The summed E-state index contributed by atoms with van der Waals surface area (Å²) in [6.07, 6.45) is 0. The number of hydrogen-bond donors (Lipinski definition) is 1. The lowest BCUT2D eigenvalue weighted by Crippen LogP contribution is -2.33. The molecule has 3 rings (SSSR count). The lowest BCUT2D eigenvalue weighted by atomic mass is 10.1. The summed E-state index contributed by atoms with van der Waals surface area (Å²) in [5.41, 5.74) is 1.51. The minimum absolute atomic E-state index is 0.161. The lowest BCUT2D eigenvalue weighted by Gasteiger charge is -2.13. The number of fused-ring (bicyclic) bond motifs is 1. The van der Waals surface area contributed by atoms with Crippen LogP contribution >= 0.6 is 0 Å². The monoisotopic (exact) mass is 305 g/mol. The molecule has 0 saturated carbocycles. The Balaban J connectivity index is 1.88. The smallest absolute Gasteiger partial charge is 0.278 e. The van der Waals surface area contributed by atoms with Crippen LogP contribution < -0.4 is 0 Å². The maximum absolute atomic E-state index is 12.3. The second kappa shape index (κ2) is 6.02. The van der Waals surface area contributed by atoms with Crippen LogP contribution in [0, 0.1) is 6.92 Å². The maximum Gasteiger partial charge on any atom is 0.284 e. The number of hydroxylamine groups is 2. The van der Waals surface area contributed by atoms with Gasteiger partial charge < -0.3 is 0 Å². The Bertz CT molecular complexity index is 885. The van der Waals surface area contributed by atoms with E-state index >= 15 is 0 Å². The van der Waals surface area contributed by atoms with E-state index in [2.05, 4.69) is 0 Å². The number of nitrogens with zero attached hydrogens (tertiary/aromatic N) is 1. The molecule has 3 aromatic carbocycles. The third-order valence-corrected chi connectivity index (χ3v) is 3.68. The highest BCUT2D eigenvalue weighted by Gasteiger charge is 2.22. The zero-order chi connectivity index (χ0) is 16.4. The molecule has 0 spiro atoms. The first kappa shape index (κ1) is 14.9. The number of rotatable bonds is 2. The molecule has 1 N–H and O–H groups in total. The number of carbonyl (C=O) groups is 2. The molecule has 0 unspecified atom stereocenters. The van der Waals surface area contributed by atoms with Gasteiger partial charge in [0.2, 0.25) is 0 Å². The van der Waals surface area contributed by atoms with Crippen LogP contribution in [-0.4, -0.2) is 22.1 Å². The number of aryl methyl sites for hydroxylation is 1. The molecule has 3 aromatic rings. The van der Waals surface area contributed by atoms with Crippen LogP contribution in [0.4, 0.5) is 0 Å². The number of hydrogen-bond acceptors (Lipinski definition) is 3. The van der Waals surface area contributed by atoms with E-state index in [0.717, 1.165) is 16.3 Å². The van der Waals surface area contributed by atoms with Crippen LogP contribution in [0.3, 0.4) is 0 Å². The molecule has 0 atom stereocenters. The molecule has 0 aliphatic heterocycles. The summed E-state index contributed by atoms with van der Waals surface area (Å²) in [5.74, 6) is -1.50. The molecule has 0 aliphatic carbocycles. The van der Waals surface area contributed by atoms with Gasteiger partial charge in [-0.15, -0.1) is 5.06 Å². The highest BCUT2D eigenvalue weighted by molar-refractivity contribution is 6.10. The van der Waals surface area contributed by atoms with Crippen molar-refractivity contribution in [3.63, 3.8) is 0 Å². The van der Waals surface area contributed by atoms with Crippen LogP contribution in [0.1, 0.15) is 26.3 Å². The number of carbonyl (C=O) groups excluding carboxylic acids is 2. The third-order valence-electron chi connectivity index (χ3n) is 3.68. The largest absolute Gasteiger partial charge is 0.284 e. The van der Waals surface area contributed by atoms with E-state index in [1.54, 1.807) is 42.5 Å². The molecule has 0 radical (unpaired) electrons. The van der Waals surface area contributed by atoms with Crippen LogP contribution in [0.2, 0.25) is 0 Å². The van der Waals surface area contributed by atoms with Gasteiger partial charge in [0.05, 0.1) is 0 Å².